The molecule has 0 aliphatic rings. The van der Waals surface area contributed by atoms with Crippen molar-refractivity contribution in [3.05, 3.63) is 24.5 Å². The van der Waals surface area contributed by atoms with Crippen molar-refractivity contribution >= 4 is 0 Å². The molecule has 1 aromatic rings. The fraction of sp³-hybridized carbons (Fsp3) is 0.667. The number of nitrogens with zero attached hydrogens (tertiary/aromatic N) is 3. The van der Waals surface area contributed by atoms with Crippen molar-refractivity contribution < 1.29 is 4.74 Å². The molecule has 0 amide bonds. The summed E-state index contributed by atoms with van der Waals surface area (Å²) in [5.74, 6) is 0.650. The van der Waals surface area contributed by atoms with Crippen molar-refractivity contribution in [1.82, 2.24) is 20.3 Å². The van der Waals surface area contributed by atoms with Gasteiger partial charge in [0.2, 0.25) is 0 Å². The van der Waals surface area contributed by atoms with Crippen LogP contribution in [0.2, 0.25) is 0 Å². The lowest BCUT2D eigenvalue weighted by atomic mass is 10.2. The van der Waals surface area contributed by atoms with E-state index in [1.165, 1.54) is 0 Å². The zero-order valence-corrected chi connectivity index (χ0v) is 10.7. The van der Waals surface area contributed by atoms with E-state index >= 15 is 0 Å². The van der Waals surface area contributed by atoms with E-state index in [1.807, 2.05) is 6.20 Å². The lowest BCUT2D eigenvalue weighted by Crippen LogP contribution is -2.19. The van der Waals surface area contributed by atoms with Gasteiger partial charge in [0.25, 0.3) is 0 Å². The summed E-state index contributed by atoms with van der Waals surface area (Å²) in [6.45, 7) is 11.7. The lowest BCUT2D eigenvalue weighted by molar-refractivity contribution is 0.149. The number of rotatable bonds is 9. The number of nitrogens with one attached hydrogen (secondary N) is 1. The van der Waals surface area contributed by atoms with Gasteiger partial charge in [0, 0.05) is 12.7 Å². The van der Waals surface area contributed by atoms with Gasteiger partial charge < -0.3 is 10.1 Å². The van der Waals surface area contributed by atoms with E-state index in [1.54, 1.807) is 10.8 Å². The Morgan fingerprint density at radius 1 is 1.59 bits per heavy atom. The first-order valence-corrected chi connectivity index (χ1v) is 6.00. The van der Waals surface area contributed by atoms with Crippen molar-refractivity contribution in [1.29, 1.82) is 0 Å². The number of ether oxygens (including phenoxy) is 1. The van der Waals surface area contributed by atoms with E-state index in [4.69, 9.17) is 4.74 Å². The molecule has 5 heteroatoms. The normalized spacial score (nSPS) is 11.0. The number of aromatic nitrogens is 3. The molecule has 0 aliphatic heterocycles. The van der Waals surface area contributed by atoms with Crippen LogP contribution in [0.5, 0.6) is 0 Å². The molecule has 96 valence electrons. The van der Waals surface area contributed by atoms with Crippen LogP contribution in [0, 0.1) is 5.92 Å². The topological polar surface area (TPSA) is 52.0 Å². The van der Waals surface area contributed by atoms with Gasteiger partial charge in [0.05, 0.1) is 25.5 Å². The van der Waals surface area contributed by atoms with E-state index in [-0.39, 0.29) is 0 Å². The highest BCUT2D eigenvalue weighted by molar-refractivity contribution is 4.91. The van der Waals surface area contributed by atoms with Crippen molar-refractivity contribution in [2.24, 2.45) is 5.92 Å². The molecule has 0 aromatic carbocycles. The first kappa shape index (κ1) is 13.9. The lowest BCUT2D eigenvalue weighted by Gasteiger charge is -2.04. The average Bonchev–Trinajstić information content (AvgIpc) is 2.72. The first-order valence-electron chi connectivity index (χ1n) is 6.00. The standard InChI is InChI=1S/C12H22N4O/c1-4-6-17-7-5-16-10-12(14-15-16)9-13-8-11(2)3/h4,10-11,13H,1,5-9H2,2-3H3. The predicted molar refractivity (Wildman–Crippen MR) is 67.6 cm³/mol. The highest BCUT2D eigenvalue weighted by Gasteiger charge is 2.00. The van der Waals surface area contributed by atoms with Crippen LogP contribution in [-0.4, -0.2) is 34.8 Å². The highest BCUT2D eigenvalue weighted by atomic mass is 16.5. The van der Waals surface area contributed by atoms with Gasteiger partial charge in [-0.2, -0.15) is 0 Å². The van der Waals surface area contributed by atoms with Crippen LogP contribution in [0.4, 0.5) is 0 Å². The van der Waals surface area contributed by atoms with Crippen molar-refractivity contribution in [3.63, 3.8) is 0 Å². The molecule has 0 fully saturated rings. The third-order valence-corrected chi connectivity index (χ3v) is 2.15. The summed E-state index contributed by atoms with van der Waals surface area (Å²) in [7, 11) is 0. The maximum atomic E-state index is 5.29. The molecule has 0 unspecified atom stereocenters. The van der Waals surface area contributed by atoms with Crippen LogP contribution in [0.25, 0.3) is 0 Å². The van der Waals surface area contributed by atoms with E-state index in [9.17, 15) is 0 Å². The molecule has 0 atom stereocenters. The van der Waals surface area contributed by atoms with Gasteiger partial charge in [-0.25, -0.2) is 4.68 Å². The molecule has 1 N–H and O–H groups in total. The fourth-order valence-electron chi connectivity index (χ4n) is 1.34. The molecule has 17 heavy (non-hydrogen) atoms. The van der Waals surface area contributed by atoms with Crippen LogP contribution < -0.4 is 5.32 Å². The largest absolute Gasteiger partial charge is 0.375 e. The van der Waals surface area contributed by atoms with Crippen LogP contribution in [0.1, 0.15) is 19.5 Å². The van der Waals surface area contributed by atoms with Gasteiger partial charge in [-0.05, 0) is 12.5 Å². The molecule has 0 aliphatic carbocycles. The van der Waals surface area contributed by atoms with E-state index < -0.39 is 0 Å². The molecule has 0 spiro atoms. The molecule has 1 heterocycles. The third-order valence-electron chi connectivity index (χ3n) is 2.15. The van der Waals surface area contributed by atoms with Gasteiger partial charge in [-0.3, -0.25) is 0 Å². The second-order valence-electron chi connectivity index (χ2n) is 4.36. The SMILES string of the molecule is C=CCOCCn1cc(CNCC(C)C)nn1. The highest BCUT2D eigenvalue weighted by Crippen LogP contribution is 1.94. The third kappa shape index (κ3) is 6.19. The Bertz CT molecular complexity index is 322. The minimum absolute atomic E-state index is 0.581. The van der Waals surface area contributed by atoms with E-state index in [0.717, 1.165) is 25.3 Å². The maximum absolute atomic E-state index is 5.29. The van der Waals surface area contributed by atoms with Crippen LogP contribution in [0.15, 0.2) is 18.9 Å². The van der Waals surface area contributed by atoms with Gasteiger partial charge >= 0.3 is 0 Å². The molecule has 0 saturated heterocycles. The summed E-state index contributed by atoms with van der Waals surface area (Å²) >= 11 is 0. The van der Waals surface area contributed by atoms with Crippen LogP contribution in [-0.2, 0) is 17.8 Å². The second-order valence-corrected chi connectivity index (χ2v) is 4.36. The van der Waals surface area contributed by atoms with Crippen molar-refractivity contribution in [3.8, 4) is 0 Å². The van der Waals surface area contributed by atoms with Gasteiger partial charge in [-0.15, -0.1) is 11.7 Å². The Hall–Kier alpha value is -1.20. The van der Waals surface area contributed by atoms with E-state index in [0.29, 0.717) is 19.1 Å². The number of hydrogen-bond acceptors (Lipinski definition) is 4. The van der Waals surface area contributed by atoms with Crippen molar-refractivity contribution in [2.45, 2.75) is 26.9 Å². The molecule has 0 bridgehead atoms. The summed E-state index contributed by atoms with van der Waals surface area (Å²) in [6, 6.07) is 0. The quantitative estimate of drug-likeness (QED) is 0.519. The first-order chi connectivity index (χ1) is 8.22. The van der Waals surface area contributed by atoms with Crippen molar-refractivity contribution in [2.75, 3.05) is 19.8 Å². The van der Waals surface area contributed by atoms with Gasteiger partial charge in [0.15, 0.2) is 0 Å². The molecule has 5 nitrogen and oxygen atoms in total. The Kier molecular flexibility index (Phi) is 6.50. The zero-order valence-electron chi connectivity index (χ0n) is 10.7. The summed E-state index contributed by atoms with van der Waals surface area (Å²) in [5, 5.41) is 11.4. The molecule has 1 aromatic heterocycles. The molecular formula is C12H22N4O. The summed E-state index contributed by atoms with van der Waals surface area (Å²) in [4.78, 5) is 0. The average molecular weight is 238 g/mol. The summed E-state index contributed by atoms with van der Waals surface area (Å²) < 4.78 is 7.09. The molecule has 1 rings (SSSR count). The minimum Gasteiger partial charge on any atom is -0.375 e. The summed E-state index contributed by atoms with van der Waals surface area (Å²) in [6.07, 6.45) is 3.69. The predicted octanol–water partition coefficient (Wildman–Crippen LogP) is 1.23. The molecule has 0 radical (unpaired) electrons. The van der Waals surface area contributed by atoms with Crippen LogP contribution in [0.3, 0.4) is 0 Å². The Balaban J connectivity index is 2.20. The van der Waals surface area contributed by atoms with Crippen LogP contribution >= 0.6 is 0 Å². The summed E-state index contributed by atoms with van der Waals surface area (Å²) in [5.41, 5.74) is 0.967. The zero-order chi connectivity index (χ0) is 12.5. The monoisotopic (exact) mass is 238 g/mol. The molecular weight excluding hydrogens is 216 g/mol. The second kappa shape index (κ2) is 7.97. The van der Waals surface area contributed by atoms with Gasteiger partial charge in [0.1, 0.15) is 0 Å². The maximum Gasteiger partial charge on any atom is 0.0964 e. The van der Waals surface area contributed by atoms with E-state index in [2.05, 4.69) is 36.1 Å². The smallest absolute Gasteiger partial charge is 0.0964 e. The fourth-order valence-corrected chi connectivity index (χ4v) is 1.34. The van der Waals surface area contributed by atoms with Gasteiger partial charge in [-0.1, -0.05) is 25.1 Å². The number of hydrogen-bond donors (Lipinski definition) is 1. The Morgan fingerprint density at radius 2 is 2.41 bits per heavy atom. The Labute approximate surface area is 103 Å². The Morgan fingerprint density at radius 3 is 3.12 bits per heavy atom. The molecule has 0 saturated carbocycles. The minimum atomic E-state index is 0.581.